The van der Waals surface area contributed by atoms with Crippen molar-refractivity contribution < 1.29 is 14.7 Å². The number of hydrogen-bond donors (Lipinski definition) is 2. The molecule has 21 heavy (non-hydrogen) atoms. The molecule has 1 saturated carbocycles. The van der Waals surface area contributed by atoms with Gasteiger partial charge in [-0.25, -0.2) is 0 Å². The van der Waals surface area contributed by atoms with Gasteiger partial charge in [0.15, 0.2) is 0 Å². The Bertz CT molecular complexity index is 393. The fourth-order valence-electron chi connectivity index (χ4n) is 3.04. The third kappa shape index (κ3) is 3.96. The summed E-state index contributed by atoms with van der Waals surface area (Å²) in [4.78, 5) is 26.3. The SMILES string of the molecule is CCC(C)C(=O)N1CCCC(C(=O)NCC2(O)CCC2)C1. The van der Waals surface area contributed by atoms with Gasteiger partial charge in [0.1, 0.15) is 0 Å². The fraction of sp³-hybridized carbons (Fsp3) is 0.875. The van der Waals surface area contributed by atoms with E-state index >= 15 is 0 Å². The van der Waals surface area contributed by atoms with Crippen LogP contribution in [0.4, 0.5) is 0 Å². The Morgan fingerprint density at radius 3 is 2.67 bits per heavy atom. The van der Waals surface area contributed by atoms with Crippen molar-refractivity contribution in [3.63, 3.8) is 0 Å². The highest BCUT2D eigenvalue weighted by atomic mass is 16.3. The number of rotatable bonds is 5. The van der Waals surface area contributed by atoms with E-state index < -0.39 is 5.60 Å². The first-order chi connectivity index (χ1) is 9.95. The number of amides is 2. The molecule has 1 saturated heterocycles. The van der Waals surface area contributed by atoms with Crippen LogP contribution in [0.1, 0.15) is 52.4 Å². The lowest BCUT2D eigenvalue weighted by atomic mass is 9.80. The number of carbonyl (C=O) groups excluding carboxylic acids is 2. The first-order valence-electron chi connectivity index (χ1n) is 8.24. The first-order valence-corrected chi connectivity index (χ1v) is 8.24. The molecule has 1 aliphatic carbocycles. The van der Waals surface area contributed by atoms with Gasteiger partial charge in [-0.1, -0.05) is 13.8 Å². The van der Waals surface area contributed by atoms with Crippen molar-refractivity contribution in [2.75, 3.05) is 19.6 Å². The van der Waals surface area contributed by atoms with Crippen LogP contribution in [0.25, 0.3) is 0 Å². The molecule has 0 aromatic carbocycles. The summed E-state index contributed by atoms with van der Waals surface area (Å²) in [7, 11) is 0. The van der Waals surface area contributed by atoms with E-state index in [0.717, 1.165) is 45.1 Å². The lowest BCUT2D eigenvalue weighted by Gasteiger charge is -2.38. The van der Waals surface area contributed by atoms with E-state index in [9.17, 15) is 14.7 Å². The number of aliphatic hydroxyl groups is 1. The van der Waals surface area contributed by atoms with Gasteiger partial charge in [0.05, 0.1) is 11.5 Å². The Balaban J connectivity index is 1.82. The average molecular weight is 296 g/mol. The number of piperidine rings is 1. The number of nitrogens with zero attached hydrogens (tertiary/aromatic N) is 1. The van der Waals surface area contributed by atoms with Gasteiger partial charge in [0, 0.05) is 25.6 Å². The van der Waals surface area contributed by atoms with Gasteiger partial charge in [0.2, 0.25) is 11.8 Å². The quantitative estimate of drug-likeness (QED) is 0.803. The van der Waals surface area contributed by atoms with Crippen LogP contribution < -0.4 is 5.32 Å². The van der Waals surface area contributed by atoms with Crippen molar-refractivity contribution >= 4 is 11.8 Å². The predicted molar refractivity (Wildman–Crippen MR) is 80.6 cm³/mol. The van der Waals surface area contributed by atoms with Crippen molar-refractivity contribution in [1.29, 1.82) is 0 Å². The number of likely N-dealkylation sites (tertiary alicyclic amines) is 1. The highest BCUT2D eigenvalue weighted by molar-refractivity contribution is 5.82. The first kappa shape index (κ1) is 16.3. The van der Waals surface area contributed by atoms with Crippen LogP contribution in [0.3, 0.4) is 0 Å². The summed E-state index contributed by atoms with van der Waals surface area (Å²) in [6.07, 6.45) is 5.12. The standard InChI is InChI=1S/C16H28N2O3/c1-3-12(2)15(20)18-9-4-6-13(10-18)14(19)17-11-16(21)7-5-8-16/h12-13,21H,3-11H2,1-2H3,(H,17,19). The summed E-state index contributed by atoms with van der Waals surface area (Å²) in [5.74, 6) is 0.0440. The minimum Gasteiger partial charge on any atom is -0.388 e. The van der Waals surface area contributed by atoms with Crippen LogP contribution in [0.5, 0.6) is 0 Å². The van der Waals surface area contributed by atoms with Crippen LogP contribution in [-0.2, 0) is 9.59 Å². The lowest BCUT2D eigenvalue weighted by Crippen LogP contribution is -2.51. The molecule has 0 radical (unpaired) electrons. The van der Waals surface area contributed by atoms with E-state index in [4.69, 9.17) is 0 Å². The van der Waals surface area contributed by atoms with Gasteiger partial charge in [-0.15, -0.1) is 0 Å². The number of nitrogens with one attached hydrogen (secondary N) is 1. The van der Waals surface area contributed by atoms with E-state index in [2.05, 4.69) is 5.32 Å². The molecular weight excluding hydrogens is 268 g/mol. The van der Waals surface area contributed by atoms with Crippen LogP contribution in [0.2, 0.25) is 0 Å². The summed E-state index contributed by atoms with van der Waals surface area (Å²) in [6, 6.07) is 0. The maximum Gasteiger partial charge on any atom is 0.225 e. The molecular formula is C16H28N2O3. The zero-order valence-electron chi connectivity index (χ0n) is 13.2. The van der Waals surface area contributed by atoms with Crippen LogP contribution in [0, 0.1) is 11.8 Å². The lowest BCUT2D eigenvalue weighted by molar-refractivity contribution is -0.139. The molecule has 2 unspecified atom stereocenters. The second-order valence-electron chi connectivity index (χ2n) is 6.73. The second kappa shape index (κ2) is 6.77. The van der Waals surface area contributed by atoms with Crippen LogP contribution >= 0.6 is 0 Å². The Labute approximate surface area is 127 Å². The molecule has 5 nitrogen and oxygen atoms in total. The number of hydrogen-bond acceptors (Lipinski definition) is 3. The fourth-order valence-corrected chi connectivity index (χ4v) is 3.04. The van der Waals surface area contributed by atoms with Crippen molar-refractivity contribution in [1.82, 2.24) is 10.2 Å². The molecule has 2 fully saturated rings. The molecule has 0 bridgehead atoms. The highest BCUT2D eigenvalue weighted by Gasteiger charge is 2.36. The average Bonchev–Trinajstić information content (AvgIpc) is 2.49. The third-order valence-corrected chi connectivity index (χ3v) is 5.01. The molecule has 120 valence electrons. The minimum atomic E-state index is -0.684. The van der Waals surface area contributed by atoms with Crippen molar-refractivity contribution in [2.24, 2.45) is 11.8 Å². The monoisotopic (exact) mass is 296 g/mol. The molecule has 2 atom stereocenters. The highest BCUT2D eigenvalue weighted by Crippen LogP contribution is 2.30. The minimum absolute atomic E-state index is 0.0167. The summed E-state index contributed by atoms with van der Waals surface area (Å²) >= 11 is 0. The molecule has 0 aromatic heterocycles. The largest absolute Gasteiger partial charge is 0.388 e. The van der Waals surface area contributed by atoms with E-state index in [1.807, 2.05) is 18.7 Å². The molecule has 2 aliphatic rings. The van der Waals surface area contributed by atoms with E-state index in [1.165, 1.54) is 0 Å². The zero-order chi connectivity index (χ0) is 15.5. The predicted octanol–water partition coefficient (Wildman–Crippen LogP) is 1.30. The molecule has 2 rings (SSSR count). The third-order valence-electron chi connectivity index (χ3n) is 5.01. The molecule has 1 aliphatic heterocycles. The van der Waals surface area contributed by atoms with Crippen molar-refractivity contribution in [2.45, 2.75) is 58.0 Å². The Kier molecular flexibility index (Phi) is 5.25. The molecule has 0 aromatic rings. The Morgan fingerprint density at radius 1 is 1.38 bits per heavy atom. The molecule has 1 heterocycles. The Morgan fingerprint density at radius 2 is 2.10 bits per heavy atom. The smallest absolute Gasteiger partial charge is 0.225 e. The van der Waals surface area contributed by atoms with Gasteiger partial charge in [-0.3, -0.25) is 9.59 Å². The van der Waals surface area contributed by atoms with Gasteiger partial charge < -0.3 is 15.3 Å². The summed E-state index contributed by atoms with van der Waals surface area (Å²) < 4.78 is 0. The van der Waals surface area contributed by atoms with Gasteiger partial charge in [0.25, 0.3) is 0 Å². The van der Waals surface area contributed by atoms with Gasteiger partial charge >= 0.3 is 0 Å². The second-order valence-corrected chi connectivity index (χ2v) is 6.73. The van der Waals surface area contributed by atoms with Gasteiger partial charge in [-0.2, -0.15) is 0 Å². The maximum absolute atomic E-state index is 12.2. The van der Waals surface area contributed by atoms with Crippen molar-refractivity contribution in [3.8, 4) is 0 Å². The molecule has 2 amide bonds. The van der Waals surface area contributed by atoms with E-state index in [0.29, 0.717) is 13.1 Å². The topological polar surface area (TPSA) is 69.6 Å². The zero-order valence-corrected chi connectivity index (χ0v) is 13.2. The molecule has 2 N–H and O–H groups in total. The molecule has 5 heteroatoms. The maximum atomic E-state index is 12.2. The summed E-state index contributed by atoms with van der Waals surface area (Å²) in [5.41, 5.74) is -0.684. The molecule has 0 spiro atoms. The normalized spacial score (nSPS) is 25.9. The van der Waals surface area contributed by atoms with E-state index in [1.54, 1.807) is 0 Å². The van der Waals surface area contributed by atoms with Crippen LogP contribution in [-0.4, -0.2) is 47.1 Å². The van der Waals surface area contributed by atoms with Crippen LogP contribution in [0.15, 0.2) is 0 Å². The Hall–Kier alpha value is -1.10. The van der Waals surface area contributed by atoms with E-state index in [-0.39, 0.29) is 23.7 Å². The number of carbonyl (C=O) groups is 2. The summed E-state index contributed by atoms with van der Waals surface area (Å²) in [5, 5.41) is 12.9. The van der Waals surface area contributed by atoms with Gasteiger partial charge in [-0.05, 0) is 38.5 Å². The van der Waals surface area contributed by atoms with Crippen molar-refractivity contribution in [3.05, 3.63) is 0 Å². The summed E-state index contributed by atoms with van der Waals surface area (Å²) in [6.45, 7) is 5.58.